The minimum Gasteiger partial charge on any atom is -0.368 e. The summed E-state index contributed by atoms with van der Waals surface area (Å²) in [5.74, 6) is 0.898. The van der Waals surface area contributed by atoms with Gasteiger partial charge in [-0.05, 0) is 24.7 Å². The molecule has 0 spiro atoms. The third-order valence-corrected chi connectivity index (χ3v) is 3.11. The number of carbonyl (C=O) groups excluding carboxylic acids is 1. The Hall–Kier alpha value is -0.410. The first-order chi connectivity index (χ1) is 5.81. The van der Waals surface area contributed by atoms with Crippen LogP contribution in [0.5, 0.6) is 0 Å². The van der Waals surface area contributed by atoms with E-state index in [9.17, 15) is 9.90 Å². The molecule has 1 aliphatic carbocycles. The van der Waals surface area contributed by atoms with Crippen molar-refractivity contribution in [2.45, 2.75) is 38.1 Å². The van der Waals surface area contributed by atoms with Crippen LogP contribution in [0.2, 0.25) is 0 Å². The summed E-state index contributed by atoms with van der Waals surface area (Å²) in [5, 5.41) is 9.21. The van der Waals surface area contributed by atoms with Crippen molar-refractivity contribution in [3.05, 3.63) is 0 Å². The van der Waals surface area contributed by atoms with E-state index in [1.807, 2.05) is 0 Å². The first-order valence-electron chi connectivity index (χ1n) is 4.58. The van der Waals surface area contributed by atoms with Crippen LogP contribution in [0.15, 0.2) is 0 Å². The maximum Gasteiger partial charge on any atom is 0.155 e. The van der Waals surface area contributed by atoms with Crippen molar-refractivity contribution in [3.8, 4) is 0 Å². The Balaban J connectivity index is 1.98. The highest BCUT2D eigenvalue weighted by Gasteiger charge is 2.43. The van der Waals surface area contributed by atoms with Gasteiger partial charge < -0.3 is 14.6 Å². The fraction of sp³-hybridized carbons (Fsp3) is 0.889. The number of carbonyl (C=O) groups is 1. The monoisotopic (exact) mass is 170 g/mol. The van der Waals surface area contributed by atoms with Crippen LogP contribution in [0, 0.1) is 11.8 Å². The van der Waals surface area contributed by atoms with E-state index in [0.717, 1.165) is 25.5 Å². The van der Waals surface area contributed by atoms with Crippen LogP contribution in [0.1, 0.15) is 25.7 Å². The van der Waals surface area contributed by atoms with Crippen LogP contribution in [0.25, 0.3) is 0 Å². The largest absolute Gasteiger partial charge is 0.368 e. The zero-order valence-corrected chi connectivity index (χ0v) is 6.98. The van der Waals surface area contributed by atoms with E-state index in [2.05, 4.69) is 0 Å². The molecule has 1 saturated heterocycles. The molecule has 12 heavy (non-hydrogen) atoms. The van der Waals surface area contributed by atoms with Crippen LogP contribution < -0.4 is 0 Å². The Morgan fingerprint density at radius 3 is 3.08 bits per heavy atom. The lowest BCUT2D eigenvalue weighted by Gasteiger charge is -2.12. The Kier molecular flexibility index (Phi) is 2.15. The predicted molar refractivity (Wildman–Crippen MR) is 42.4 cm³/mol. The average molecular weight is 170 g/mol. The van der Waals surface area contributed by atoms with E-state index >= 15 is 0 Å². The zero-order chi connectivity index (χ0) is 8.55. The second kappa shape index (κ2) is 3.15. The number of ether oxygens (including phenoxy) is 1. The summed E-state index contributed by atoms with van der Waals surface area (Å²) in [7, 11) is 0. The summed E-state index contributed by atoms with van der Waals surface area (Å²) in [4.78, 5) is 10.3. The maximum atomic E-state index is 10.3. The molecule has 0 aromatic heterocycles. The summed E-state index contributed by atoms with van der Waals surface area (Å²) in [6, 6.07) is 0. The molecule has 68 valence electrons. The van der Waals surface area contributed by atoms with Crippen LogP contribution in [0.4, 0.5) is 0 Å². The van der Waals surface area contributed by atoms with Gasteiger partial charge in [-0.15, -0.1) is 0 Å². The molecular formula is C9H14O3. The molecule has 4 atom stereocenters. The van der Waals surface area contributed by atoms with Gasteiger partial charge in [-0.3, -0.25) is 0 Å². The van der Waals surface area contributed by atoms with Gasteiger partial charge in [-0.1, -0.05) is 0 Å². The van der Waals surface area contributed by atoms with Gasteiger partial charge in [0, 0.05) is 12.8 Å². The third-order valence-electron chi connectivity index (χ3n) is 3.11. The Morgan fingerprint density at radius 1 is 1.50 bits per heavy atom. The lowest BCUT2D eigenvalue weighted by Crippen LogP contribution is -2.13. The van der Waals surface area contributed by atoms with E-state index in [-0.39, 0.29) is 6.10 Å². The average Bonchev–Trinajstić information content (AvgIpc) is 2.52. The number of aldehydes is 1. The van der Waals surface area contributed by atoms with Crippen LogP contribution >= 0.6 is 0 Å². The predicted octanol–water partition coefficient (Wildman–Crippen LogP) is 0.709. The number of hydrogen-bond acceptors (Lipinski definition) is 3. The molecule has 0 aromatic rings. The Bertz CT molecular complexity index is 181. The van der Waals surface area contributed by atoms with E-state index < -0.39 is 6.29 Å². The fourth-order valence-corrected chi connectivity index (χ4v) is 2.53. The van der Waals surface area contributed by atoms with E-state index in [4.69, 9.17) is 4.74 Å². The van der Waals surface area contributed by atoms with Crippen molar-refractivity contribution < 1.29 is 14.6 Å². The van der Waals surface area contributed by atoms with E-state index in [0.29, 0.717) is 18.3 Å². The maximum absolute atomic E-state index is 10.3. The molecule has 1 aliphatic heterocycles. The Morgan fingerprint density at radius 2 is 2.33 bits per heavy atom. The topological polar surface area (TPSA) is 46.5 Å². The van der Waals surface area contributed by atoms with E-state index in [1.54, 1.807) is 0 Å². The standard InChI is InChI=1S/C9H14O3/c10-4-3-6-1-2-8-7(6)5-9(11)12-8/h4,6-9,11H,1-3,5H2/t6-,7+,8-,9?/m1/s1. The molecular weight excluding hydrogens is 156 g/mol. The van der Waals surface area contributed by atoms with Crippen molar-refractivity contribution in [2.75, 3.05) is 0 Å². The summed E-state index contributed by atoms with van der Waals surface area (Å²) < 4.78 is 5.30. The lowest BCUT2D eigenvalue weighted by atomic mass is 9.91. The minimum atomic E-state index is -0.575. The van der Waals surface area contributed by atoms with Gasteiger partial charge >= 0.3 is 0 Å². The molecule has 1 N–H and O–H groups in total. The molecule has 1 heterocycles. The summed E-state index contributed by atoms with van der Waals surface area (Å²) >= 11 is 0. The highest BCUT2D eigenvalue weighted by molar-refractivity contribution is 5.50. The van der Waals surface area contributed by atoms with Crippen LogP contribution in [-0.2, 0) is 9.53 Å². The lowest BCUT2D eigenvalue weighted by molar-refractivity contribution is -0.108. The molecule has 1 unspecified atom stereocenters. The molecule has 3 heteroatoms. The minimum absolute atomic E-state index is 0.227. The summed E-state index contributed by atoms with van der Waals surface area (Å²) in [6.07, 6.45) is 4.10. The highest BCUT2D eigenvalue weighted by atomic mass is 16.6. The molecule has 0 amide bonds. The Labute approximate surface area is 71.7 Å². The van der Waals surface area contributed by atoms with Crippen molar-refractivity contribution in [3.63, 3.8) is 0 Å². The normalized spacial score (nSPS) is 46.1. The number of rotatable bonds is 2. The molecule has 0 aromatic carbocycles. The van der Waals surface area contributed by atoms with Gasteiger partial charge in [0.05, 0.1) is 6.10 Å². The van der Waals surface area contributed by atoms with Crippen molar-refractivity contribution >= 4 is 6.29 Å². The molecule has 2 fully saturated rings. The molecule has 3 nitrogen and oxygen atoms in total. The van der Waals surface area contributed by atoms with Gasteiger partial charge in [0.15, 0.2) is 6.29 Å². The molecule has 0 radical (unpaired) electrons. The molecule has 1 saturated carbocycles. The first kappa shape index (κ1) is 8.20. The first-order valence-corrected chi connectivity index (χ1v) is 4.58. The summed E-state index contributed by atoms with van der Waals surface area (Å²) in [5.41, 5.74) is 0. The highest BCUT2D eigenvalue weighted by Crippen LogP contribution is 2.43. The second-order valence-electron chi connectivity index (χ2n) is 3.77. The second-order valence-corrected chi connectivity index (χ2v) is 3.77. The van der Waals surface area contributed by atoms with Crippen LogP contribution in [0.3, 0.4) is 0 Å². The number of aliphatic hydroxyl groups is 1. The fourth-order valence-electron chi connectivity index (χ4n) is 2.53. The van der Waals surface area contributed by atoms with Crippen molar-refractivity contribution in [2.24, 2.45) is 11.8 Å². The van der Waals surface area contributed by atoms with Gasteiger partial charge in [0.25, 0.3) is 0 Å². The van der Waals surface area contributed by atoms with Gasteiger partial charge in [-0.2, -0.15) is 0 Å². The molecule has 0 bridgehead atoms. The summed E-state index contributed by atoms with van der Waals surface area (Å²) in [6.45, 7) is 0. The van der Waals surface area contributed by atoms with Gasteiger partial charge in [0.2, 0.25) is 0 Å². The number of hydrogen-bond donors (Lipinski definition) is 1. The van der Waals surface area contributed by atoms with Crippen molar-refractivity contribution in [1.82, 2.24) is 0 Å². The quantitative estimate of drug-likeness (QED) is 0.621. The smallest absolute Gasteiger partial charge is 0.155 e. The van der Waals surface area contributed by atoms with Crippen LogP contribution in [-0.4, -0.2) is 23.8 Å². The molecule has 2 aliphatic rings. The van der Waals surface area contributed by atoms with Gasteiger partial charge in [-0.25, -0.2) is 0 Å². The van der Waals surface area contributed by atoms with E-state index in [1.165, 1.54) is 0 Å². The van der Waals surface area contributed by atoms with Crippen molar-refractivity contribution in [1.29, 1.82) is 0 Å². The number of aliphatic hydroxyl groups excluding tert-OH is 1. The third kappa shape index (κ3) is 1.27. The van der Waals surface area contributed by atoms with Gasteiger partial charge in [0.1, 0.15) is 6.29 Å². The molecule has 2 rings (SSSR count). The zero-order valence-electron chi connectivity index (χ0n) is 6.98. The number of fused-ring (bicyclic) bond motifs is 1. The SMILES string of the molecule is O=CC[C@H]1CC[C@H]2OC(O)C[C@@H]12.